The van der Waals surface area contributed by atoms with Gasteiger partial charge in [0, 0.05) is 5.41 Å². The molecular formula is C22H24N2O2S. The van der Waals surface area contributed by atoms with E-state index in [4.69, 9.17) is 0 Å². The summed E-state index contributed by atoms with van der Waals surface area (Å²) in [4.78, 5) is 30.1. The van der Waals surface area contributed by atoms with Crippen molar-refractivity contribution in [1.29, 1.82) is 0 Å². The third kappa shape index (κ3) is 4.48. The highest BCUT2D eigenvalue weighted by molar-refractivity contribution is 7.99. The quantitative estimate of drug-likeness (QED) is 0.484. The molecule has 0 saturated heterocycles. The third-order valence-corrected chi connectivity index (χ3v) is 5.43. The normalized spacial score (nSPS) is 11.7. The van der Waals surface area contributed by atoms with Crippen molar-refractivity contribution in [2.24, 2.45) is 5.41 Å². The summed E-state index contributed by atoms with van der Waals surface area (Å²) in [5, 5.41) is 1.17. The SMILES string of the molecule is Cc1ccc(Cn2c(SCC(=O)C(C)(C)C)nc3ccccc3c2=O)cc1. The molecule has 3 rings (SSSR count). The Kier molecular flexibility index (Phi) is 5.51. The van der Waals surface area contributed by atoms with Gasteiger partial charge in [-0.15, -0.1) is 0 Å². The zero-order valence-corrected chi connectivity index (χ0v) is 17.0. The summed E-state index contributed by atoms with van der Waals surface area (Å²) < 4.78 is 1.67. The van der Waals surface area contributed by atoms with Crippen LogP contribution in [0.4, 0.5) is 0 Å². The Bertz CT molecular complexity index is 1030. The number of ketones is 1. The van der Waals surface area contributed by atoms with Gasteiger partial charge in [0.05, 0.1) is 23.2 Å². The van der Waals surface area contributed by atoms with E-state index in [2.05, 4.69) is 4.98 Å². The fraction of sp³-hybridized carbons (Fsp3) is 0.318. The van der Waals surface area contributed by atoms with E-state index in [-0.39, 0.29) is 11.3 Å². The summed E-state index contributed by atoms with van der Waals surface area (Å²) in [5.41, 5.74) is 2.38. The van der Waals surface area contributed by atoms with Crippen molar-refractivity contribution in [3.05, 3.63) is 70.0 Å². The predicted molar refractivity (Wildman–Crippen MR) is 111 cm³/mol. The number of aryl methyl sites for hydroxylation is 1. The molecule has 1 heterocycles. The van der Waals surface area contributed by atoms with Crippen molar-refractivity contribution in [2.45, 2.75) is 39.4 Å². The van der Waals surface area contributed by atoms with Gasteiger partial charge in [-0.3, -0.25) is 14.2 Å². The molecule has 0 atom stereocenters. The molecule has 2 aromatic carbocycles. The molecule has 0 aliphatic carbocycles. The Labute approximate surface area is 163 Å². The maximum atomic E-state index is 13.1. The van der Waals surface area contributed by atoms with Gasteiger partial charge < -0.3 is 0 Å². The van der Waals surface area contributed by atoms with Gasteiger partial charge in [0.1, 0.15) is 5.78 Å². The molecule has 4 nitrogen and oxygen atoms in total. The first-order valence-electron chi connectivity index (χ1n) is 8.97. The molecule has 0 bridgehead atoms. The largest absolute Gasteiger partial charge is 0.298 e. The van der Waals surface area contributed by atoms with E-state index < -0.39 is 5.41 Å². The van der Waals surface area contributed by atoms with Crippen molar-refractivity contribution < 1.29 is 4.79 Å². The maximum Gasteiger partial charge on any atom is 0.262 e. The van der Waals surface area contributed by atoms with Crippen molar-refractivity contribution in [3.8, 4) is 0 Å². The van der Waals surface area contributed by atoms with Crippen LogP contribution in [-0.4, -0.2) is 21.1 Å². The van der Waals surface area contributed by atoms with Crippen LogP contribution in [0.2, 0.25) is 0 Å². The van der Waals surface area contributed by atoms with E-state index in [0.717, 1.165) is 5.56 Å². The van der Waals surface area contributed by atoms with Crippen LogP contribution < -0.4 is 5.56 Å². The fourth-order valence-corrected chi connectivity index (χ4v) is 3.78. The molecule has 0 N–H and O–H groups in total. The Morgan fingerprint density at radius 2 is 1.74 bits per heavy atom. The number of para-hydroxylation sites is 1. The summed E-state index contributed by atoms with van der Waals surface area (Å²) in [7, 11) is 0. The smallest absolute Gasteiger partial charge is 0.262 e. The monoisotopic (exact) mass is 380 g/mol. The highest BCUT2D eigenvalue weighted by atomic mass is 32.2. The van der Waals surface area contributed by atoms with Crippen molar-refractivity contribution in [1.82, 2.24) is 9.55 Å². The molecule has 27 heavy (non-hydrogen) atoms. The number of carbonyl (C=O) groups excluding carboxylic acids is 1. The summed E-state index contributed by atoms with van der Waals surface area (Å²) in [6, 6.07) is 15.5. The molecule has 3 aromatic rings. The minimum Gasteiger partial charge on any atom is -0.298 e. The number of hydrogen-bond acceptors (Lipinski definition) is 4. The van der Waals surface area contributed by atoms with Gasteiger partial charge in [-0.05, 0) is 24.6 Å². The molecule has 0 fully saturated rings. The van der Waals surface area contributed by atoms with Crippen molar-refractivity contribution in [2.75, 3.05) is 5.75 Å². The van der Waals surface area contributed by atoms with Gasteiger partial charge in [-0.2, -0.15) is 0 Å². The number of benzene rings is 2. The van der Waals surface area contributed by atoms with Crippen LogP contribution in [0.5, 0.6) is 0 Å². The highest BCUT2D eigenvalue weighted by Gasteiger charge is 2.22. The van der Waals surface area contributed by atoms with Crippen LogP contribution in [0, 0.1) is 12.3 Å². The number of aromatic nitrogens is 2. The zero-order valence-electron chi connectivity index (χ0n) is 16.2. The second-order valence-electron chi connectivity index (χ2n) is 7.75. The topological polar surface area (TPSA) is 52.0 Å². The van der Waals surface area contributed by atoms with Crippen molar-refractivity contribution in [3.63, 3.8) is 0 Å². The van der Waals surface area contributed by atoms with Gasteiger partial charge in [-0.25, -0.2) is 4.98 Å². The summed E-state index contributed by atoms with van der Waals surface area (Å²) in [6.45, 7) is 8.19. The first-order chi connectivity index (χ1) is 12.8. The van der Waals surface area contributed by atoms with E-state index in [0.29, 0.717) is 28.4 Å². The number of fused-ring (bicyclic) bond motifs is 1. The van der Waals surface area contributed by atoms with E-state index in [9.17, 15) is 9.59 Å². The van der Waals surface area contributed by atoms with E-state index in [1.54, 1.807) is 10.6 Å². The summed E-state index contributed by atoms with van der Waals surface area (Å²) in [6.07, 6.45) is 0. The Hall–Kier alpha value is -2.40. The number of nitrogens with zero attached hydrogens (tertiary/aromatic N) is 2. The lowest BCUT2D eigenvalue weighted by Gasteiger charge is -2.17. The molecular weight excluding hydrogens is 356 g/mol. The zero-order chi connectivity index (χ0) is 19.6. The third-order valence-electron chi connectivity index (χ3n) is 4.46. The van der Waals surface area contributed by atoms with Crippen LogP contribution in [0.15, 0.2) is 58.5 Å². The lowest BCUT2D eigenvalue weighted by atomic mass is 9.92. The number of rotatable bonds is 5. The molecule has 0 aliphatic heterocycles. The van der Waals surface area contributed by atoms with Gasteiger partial charge in [0.2, 0.25) is 0 Å². The first-order valence-corrected chi connectivity index (χ1v) is 9.95. The number of hydrogen-bond donors (Lipinski definition) is 0. The molecule has 0 amide bonds. The molecule has 0 aliphatic rings. The lowest BCUT2D eigenvalue weighted by molar-refractivity contribution is -0.123. The van der Waals surface area contributed by atoms with Crippen molar-refractivity contribution >= 4 is 28.4 Å². The average molecular weight is 381 g/mol. The number of carbonyl (C=O) groups is 1. The molecule has 0 spiro atoms. The minimum atomic E-state index is -0.411. The molecule has 0 saturated carbocycles. The number of Topliss-reactive ketones (excluding diaryl/α,β-unsaturated/α-hetero) is 1. The lowest BCUT2D eigenvalue weighted by Crippen LogP contribution is -2.26. The molecule has 0 unspecified atom stereocenters. The number of thioether (sulfide) groups is 1. The van der Waals surface area contributed by atoms with E-state index in [1.807, 2.05) is 70.2 Å². The van der Waals surface area contributed by atoms with Crippen LogP contribution in [0.3, 0.4) is 0 Å². The molecule has 140 valence electrons. The van der Waals surface area contributed by atoms with E-state index in [1.165, 1.54) is 17.3 Å². The first kappa shape index (κ1) is 19.4. The van der Waals surface area contributed by atoms with Gasteiger partial charge in [0.25, 0.3) is 5.56 Å². The van der Waals surface area contributed by atoms with Gasteiger partial charge in [0.15, 0.2) is 5.16 Å². The maximum absolute atomic E-state index is 13.1. The van der Waals surface area contributed by atoms with Crippen LogP contribution in [0.1, 0.15) is 31.9 Å². The van der Waals surface area contributed by atoms with Crippen LogP contribution >= 0.6 is 11.8 Å². The second kappa shape index (κ2) is 7.69. The standard InChI is InChI=1S/C22H24N2O2S/c1-15-9-11-16(12-10-15)13-24-20(26)17-7-5-6-8-18(17)23-21(24)27-14-19(25)22(2,3)4/h5-12H,13-14H2,1-4H3. The van der Waals surface area contributed by atoms with Gasteiger partial charge >= 0.3 is 0 Å². The summed E-state index contributed by atoms with van der Waals surface area (Å²) in [5.74, 6) is 0.430. The molecule has 5 heteroatoms. The molecule has 0 radical (unpaired) electrons. The highest BCUT2D eigenvalue weighted by Crippen LogP contribution is 2.23. The molecule has 1 aromatic heterocycles. The Morgan fingerprint density at radius 3 is 2.41 bits per heavy atom. The summed E-state index contributed by atoms with van der Waals surface area (Å²) >= 11 is 1.34. The Balaban J connectivity index is 2.02. The van der Waals surface area contributed by atoms with Crippen LogP contribution in [0.25, 0.3) is 10.9 Å². The van der Waals surface area contributed by atoms with Crippen LogP contribution in [-0.2, 0) is 11.3 Å². The van der Waals surface area contributed by atoms with E-state index >= 15 is 0 Å². The second-order valence-corrected chi connectivity index (χ2v) is 8.69. The average Bonchev–Trinajstić information content (AvgIpc) is 2.63. The predicted octanol–water partition coefficient (Wildman–Crippen LogP) is 4.46. The fourth-order valence-electron chi connectivity index (χ4n) is 2.62. The minimum absolute atomic E-state index is 0.0770. The Morgan fingerprint density at radius 1 is 1.07 bits per heavy atom. The van der Waals surface area contributed by atoms with Gasteiger partial charge in [-0.1, -0.05) is 74.5 Å².